The minimum Gasteiger partial charge on any atom is -0.312 e. The molecule has 1 nitrogen and oxygen atoms in total. The molecule has 1 aromatic heterocycles. The Morgan fingerprint density at radius 2 is 1.78 bits per heavy atom. The minimum atomic E-state index is 0.711. The van der Waals surface area contributed by atoms with Crippen molar-refractivity contribution < 1.29 is 0 Å². The van der Waals surface area contributed by atoms with E-state index in [4.69, 9.17) is 0 Å². The minimum absolute atomic E-state index is 0.711. The van der Waals surface area contributed by atoms with Crippen LogP contribution in [0.4, 0.5) is 0 Å². The third-order valence-electron chi connectivity index (χ3n) is 3.42. The summed E-state index contributed by atoms with van der Waals surface area (Å²) in [6.45, 7) is 13.3. The summed E-state index contributed by atoms with van der Waals surface area (Å²) >= 11 is 1.95. The number of hydrogen-bond donors (Lipinski definition) is 1. The van der Waals surface area contributed by atoms with Crippen LogP contribution < -0.4 is 5.32 Å². The van der Waals surface area contributed by atoms with Gasteiger partial charge in [0, 0.05) is 16.1 Å². The molecule has 0 unspecified atom stereocenters. The molecule has 98 valence electrons. The molecule has 1 aromatic carbocycles. The van der Waals surface area contributed by atoms with Crippen LogP contribution in [0.2, 0.25) is 0 Å². The molecule has 0 atom stereocenters. The first kappa shape index (κ1) is 13.6. The highest BCUT2D eigenvalue weighted by Gasteiger charge is 2.11. The Kier molecular flexibility index (Phi) is 4.08. The van der Waals surface area contributed by atoms with Crippen LogP contribution >= 0.6 is 11.3 Å². The first-order valence-electron chi connectivity index (χ1n) is 6.69. The van der Waals surface area contributed by atoms with E-state index in [0.29, 0.717) is 5.92 Å². The molecule has 0 fully saturated rings. The number of rotatable bonds is 4. The summed E-state index contributed by atoms with van der Waals surface area (Å²) in [6, 6.07) is 4.47. The SMILES string of the molecule is Cc1ccc(C)c2c(C)c(CNCC(C)C)sc12. The van der Waals surface area contributed by atoms with E-state index in [1.165, 1.54) is 31.7 Å². The van der Waals surface area contributed by atoms with Gasteiger partial charge in [0.15, 0.2) is 0 Å². The molecule has 0 saturated heterocycles. The third kappa shape index (κ3) is 2.60. The van der Waals surface area contributed by atoms with Crippen LogP contribution in [0.1, 0.15) is 35.4 Å². The molecule has 0 saturated carbocycles. The van der Waals surface area contributed by atoms with Crippen molar-refractivity contribution in [3.05, 3.63) is 33.7 Å². The van der Waals surface area contributed by atoms with Crippen LogP contribution in [0.15, 0.2) is 12.1 Å². The predicted octanol–water partition coefficient (Wildman–Crippen LogP) is 4.57. The summed E-state index contributed by atoms with van der Waals surface area (Å²) in [6.07, 6.45) is 0. The Balaban J connectivity index is 2.33. The molecule has 1 N–H and O–H groups in total. The van der Waals surface area contributed by atoms with Gasteiger partial charge in [0.25, 0.3) is 0 Å². The van der Waals surface area contributed by atoms with Gasteiger partial charge in [-0.3, -0.25) is 0 Å². The van der Waals surface area contributed by atoms with Gasteiger partial charge < -0.3 is 5.32 Å². The molecule has 2 rings (SSSR count). The molecule has 0 aliphatic carbocycles. The van der Waals surface area contributed by atoms with Gasteiger partial charge in [0.2, 0.25) is 0 Å². The fourth-order valence-corrected chi connectivity index (χ4v) is 3.69. The lowest BCUT2D eigenvalue weighted by Gasteiger charge is -2.06. The van der Waals surface area contributed by atoms with Crippen LogP contribution in [0.25, 0.3) is 10.1 Å². The largest absolute Gasteiger partial charge is 0.312 e. The number of thiophene rings is 1. The van der Waals surface area contributed by atoms with Gasteiger partial charge in [-0.05, 0) is 55.3 Å². The number of fused-ring (bicyclic) bond motifs is 1. The molecule has 2 aromatic rings. The normalized spacial score (nSPS) is 11.7. The number of nitrogens with one attached hydrogen (secondary N) is 1. The molecule has 0 amide bonds. The second kappa shape index (κ2) is 5.41. The molecular weight excluding hydrogens is 238 g/mol. The topological polar surface area (TPSA) is 12.0 Å². The number of hydrogen-bond acceptors (Lipinski definition) is 2. The maximum Gasteiger partial charge on any atom is 0.0380 e. The van der Waals surface area contributed by atoms with E-state index < -0.39 is 0 Å². The highest BCUT2D eigenvalue weighted by atomic mass is 32.1. The van der Waals surface area contributed by atoms with Crippen molar-refractivity contribution in [3.8, 4) is 0 Å². The molecule has 18 heavy (non-hydrogen) atoms. The maximum atomic E-state index is 3.55. The highest BCUT2D eigenvalue weighted by molar-refractivity contribution is 7.19. The Bertz CT molecular complexity index is 552. The van der Waals surface area contributed by atoms with E-state index >= 15 is 0 Å². The molecular formula is C16H23NS. The summed E-state index contributed by atoms with van der Waals surface area (Å²) in [4.78, 5) is 1.49. The van der Waals surface area contributed by atoms with Gasteiger partial charge in [-0.2, -0.15) is 0 Å². The highest BCUT2D eigenvalue weighted by Crippen LogP contribution is 2.35. The summed E-state index contributed by atoms with van der Waals surface area (Å²) in [7, 11) is 0. The molecule has 1 heterocycles. The van der Waals surface area contributed by atoms with E-state index in [-0.39, 0.29) is 0 Å². The van der Waals surface area contributed by atoms with Crippen LogP contribution in [0.3, 0.4) is 0 Å². The van der Waals surface area contributed by atoms with Crippen molar-refractivity contribution in [1.29, 1.82) is 0 Å². The van der Waals surface area contributed by atoms with Crippen molar-refractivity contribution in [1.82, 2.24) is 5.32 Å². The zero-order valence-electron chi connectivity index (χ0n) is 12.1. The number of aryl methyl sites for hydroxylation is 3. The Hall–Kier alpha value is -0.860. The van der Waals surface area contributed by atoms with E-state index in [0.717, 1.165) is 13.1 Å². The van der Waals surface area contributed by atoms with Crippen molar-refractivity contribution >= 4 is 21.4 Å². The predicted molar refractivity (Wildman–Crippen MR) is 82.6 cm³/mol. The Morgan fingerprint density at radius 3 is 2.39 bits per heavy atom. The lowest BCUT2D eigenvalue weighted by atomic mass is 10.0. The molecule has 0 bridgehead atoms. The van der Waals surface area contributed by atoms with E-state index in [2.05, 4.69) is 52.1 Å². The van der Waals surface area contributed by atoms with Crippen molar-refractivity contribution in [2.75, 3.05) is 6.54 Å². The van der Waals surface area contributed by atoms with Crippen LogP contribution in [0.5, 0.6) is 0 Å². The second-order valence-electron chi connectivity index (χ2n) is 5.58. The van der Waals surface area contributed by atoms with E-state index in [1.54, 1.807) is 0 Å². The van der Waals surface area contributed by atoms with Crippen molar-refractivity contribution in [2.45, 2.75) is 41.2 Å². The standard InChI is InChI=1S/C16H23NS/c1-10(2)8-17-9-14-13(5)15-11(3)6-7-12(4)16(15)18-14/h6-7,10,17H,8-9H2,1-5H3. The monoisotopic (exact) mass is 261 g/mol. The van der Waals surface area contributed by atoms with Crippen molar-refractivity contribution in [3.63, 3.8) is 0 Å². The molecule has 0 spiro atoms. The fraction of sp³-hybridized carbons (Fsp3) is 0.500. The first-order chi connectivity index (χ1) is 8.50. The van der Waals surface area contributed by atoms with Gasteiger partial charge in [-0.15, -0.1) is 11.3 Å². The van der Waals surface area contributed by atoms with Gasteiger partial charge in [-0.1, -0.05) is 26.0 Å². The lowest BCUT2D eigenvalue weighted by molar-refractivity contribution is 0.554. The Morgan fingerprint density at radius 1 is 1.11 bits per heavy atom. The van der Waals surface area contributed by atoms with Gasteiger partial charge in [0.05, 0.1) is 0 Å². The van der Waals surface area contributed by atoms with Crippen LogP contribution in [-0.4, -0.2) is 6.54 Å². The second-order valence-corrected chi connectivity index (χ2v) is 6.68. The molecule has 0 radical (unpaired) electrons. The zero-order valence-corrected chi connectivity index (χ0v) is 12.9. The maximum absolute atomic E-state index is 3.55. The lowest BCUT2D eigenvalue weighted by Crippen LogP contribution is -2.18. The fourth-order valence-electron chi connectivity index (χ4n) is 2.37. The molecule has 2 heteroatoms. The average Bonchev–Trinajstić information content (AvgIpc) is 2.63. The van der Waals surface area contributed by atoms with Gasteiger partial charge in [-0.25, -0.2) is 0 Å². The number of benzene rings is 1. The quantitative estimate of drug-likeness (QED) is 0.850. The Labute approximate surface area is 114 Å². The summed E-state index contributed by atoms with van der Waals surface area (Å²) in [5.41, 5.74) is 4.27. The van der Waals surface area contributed by atoms with Crippen molar-refractivity contribution in [2.24, 2.45) is 5.92 Å². The summed E-state index contributed by atoms with van der Waals surface area (Å²) in [5.74, 6) is 0.711. The summed E-state index contributed by atoms with van der Waals surface area (Å²) < 4.78 is 1.47. The molecule has 0 aliphatic rings. The average molecular weight is 261 g/mol. The third-order valence-corrected chi connectivity index (χ3v) is 4.85. The van der Waals surface area contributed by atoms with E-state index in [1.807, 2.05) is 11.3 Å². The van der Waals surface area contributed by atoms with E-state index in [9.17, 15) is 0 Å². The van der Waals surface area contributed by atoms with Gasteiger partial charge >= 0.3 is 0 Å². The van der Waals surface area contributed by atoms with Crippen LogP contribution in [-0.2, 0) is 6.54 Å². The van der Waals surface area contributed by atoms with Gasteiger partial charge in [0.1, 0.15) is 0 Å². The van der Waals surface area contributed by atoms with Crippen LogP contribution in [0, 0.1) is 26.7 Å². The first-order valence-corrected chi connectivity index (χ1v) is 7.51. The smallest absolute Gasteiger partial charge is 0.0380 e. The molecule has 0 aliphatic heterocycles. The zero-order chi connectivity index (χ0) is 13.3. The summed E-state index contributed by atoms with van der Waals surface area (Å²) in [5, 5.41) is 5.03.